The molecule has 1 aromatic carbocycles. The van der Waals surface area contributed by atoms with E-state index in [2.05, 4.69) is 25.5 Å². The summed E-state index contributed by atoms with van der Waals surface area (Å²) < 4.78 is 3.08. The van der Waals surface area contributed by atoms with Crippen LogP contribution in [0.25, 0.3) is 0 Å². The van der Waals surface area contributed by atoms with Gasteiger partial charge in [0.05, 0.1) is 5.56 Å². The third-order valence-electron chi connectivity index (χ3n) is 4.38. The average molecular weight is 362 g/mol. The molecule has 1 saturated heterocycles. The summed E-state index contributed by atoms with van der Waals surface area (Å²) in [6, 6.07) is 7.64. The number of carbonyl (C=O) groups excluding carboxylic acids is 1. The Morgan fingerprint density at radius 1 is 1.32 bits per heavy atom. The van der Waals surface area contributed by atoms with Gasteiger partial charge in [-0.15, -0.1) is 0 Å². The number of imidazole rings is 1. The predicted octanol–water partition coefficient (Wildman–Crippen LogP) is 3.51. The molecular weight excluding hydrogens is 342 g/mol. The van der Waals surface area contributed by atoms with Gasteiger partial charge in [-0.2, -0.15) is 0 Å². The molecule has 1 amide bonds. The highest BCUT2D eigenvalue weighted by molar-refractivity contribution is 9.10. The number of aromatic nitrogens is 2. The van der Waals surface area contributed by atoms with E-state index in [0.717, 1.165) is 48.3 Å². The molecule has 0 spiro atoms. The zero-order valence-electron chi connectivity index (χ0n) is 12.7. The fraction of sp³-hybridized carbons (Fsp3) is 0.412. The number of rotatable bonds is 3. The molecule has 0 atom stereocenters. The van der Waals surface area contributed by atoms with Gasteiger partial charge in [0, 0.05) is 36.5 Å². The molecule has 1 aliphatic heterocycles. The van der Waals surface area contributed by atoms with Crippen LogP contribution < -0.4 is 0 Å². The van der Waals surface area contributed by atoms with Gasteiger partial charge in [-0.05, 0) is 53.7 Å². The van der Waals surface area contributed by atoms with Gasteiger partial charge in [0.2, 0.25) is 0 Å². The van der Waals surface area contributed by atoms with Crippen LogP contribution in [0.2, 0.25) is 0 Å². The van der Waals surface area contributed by atoms with Crippen molar-refractivity contribution in [1.29, 1.82) is 0 Å². The molecule has 116 valence electrons. The summed E-state index contributed by atoms with van der Waals surface area (Å²) in [5.74, 6) is 1.81. The van der Waals surface area contributed by atoms with Crippen molar-refractivity contribution in [2.75, 3.05) is 13.1 Å². The topological polar surface area (TPSA) is 38.1 Å². The lowest BCUT2D eigenvalue weighted by molar-refractivity contribution is 0.0681. The maximum Gasteiger partial charge on any atom is 0.254 e. The van der Waals surface area contributed by atoms with Gasteiger partial charge in [-0.1, -0.05) is 12.1 Å². The number of hydrogen-bond donors (Lipinski definition) is 0. The fourth-order valence-corrected chi connectivity index (χ4v) is 3.45. The summed E-state index contributed by atoms with van der Waals surface area (Å²) in [5, 5.41) is 0. The minimum atomic E-state index is 0.129. The minimum absolute atomic E-state index is 0.129. The van der Waals surface area contributed by atoms with Crippen LogP contribution in [0.1, 0.15) is 29.0 Å². The number of piperidine rings is 1. The van der Waals surface area contributed by atoms with E-state index in [-0.39, 0.29) is 5.91 Å². The first-order valence-corrected chi connectivity index (χ1v) is 8.46. The van der Waals surface area contributed by atoms with E-state index in [1.807, 2.05) is 48.5 Å². The standard InChI is InChI=1S/C17H20BrN3O/c1-13-19-8-11-21(13)12-14-6-9-20(10-7-14)17(22)15-4-2-3-5-16(15)18/h2-5,8,11,14H,6-7,9-10,12H2,1H3. The molecule has 4 nitrogen and oxygen atoms in total. The van der Waals surface area contributed by atoms with Crippen LogP contribution in [0.4, 0.5) is 0 Å². The van der Waals surface area contributed by atoms with Crippen LogP contribution in [-0.2, 0) is 6.54 Å². The monoisotopic (exact) mass is 361 g/mol. The lowest BCUT2D eigenvalue weighted by atomic mass is 9.96. The van der Waals surface area contributed by atoms with Crippen molar-refractivity contribution in [2.24, 2.45) is 5.92 Å². The lowest BCUT2D eigenvalue weighted by Gasteiger charge is -2.32. The zero-order chi connectivity index (χ0) is 15.5. The van der Waals surface area contributed by atoms with E-state index in [9.17, 15) is 4.79 Å². The molecule has 1 aliphatic rings. The molecule has 2 heterocycles. The van der Waals surface area contributed by atoms with Crippen LogP contribution in [0, 0.1) is 12.8 Å². The van der Waals surface area contributed by atoms with Gasteiger partial charge < -0.3 is 9.47 Å². The van der Waals surface area contributed by atoms with Gasteiger partial charge in [0.25, 0.3) is 5.91 Å². The van der Waals surface area contributed by atoms with Crippen LogP contribution >= 0.6 is 15.9 Å². The Labute approximate surface area is 139 Å². The van der Waals surface area contributed by atoms with Crippen LogP contribution in [0.15, 0.2) is 41.1 Å². The number of benzene rings is 1. The van der Waals surface area contributed by atoms with Crippen LogP contribution in [0.3, 0.4) is 0 Å². The van der Waals surface area contributed by atoms with E-state index in [4.69, 9.17) is 0 Å². The summed E-state index contributed by atoms with van der Waals surface area (Å²) in [7, 11) is 0. The molecule has 0 saturated carbocycles. The Morgan fingerprint density at radius 2 is 2.05 bits per heavy atom. The molecule has 3 rings (SSSR count). The first kappa shape index (κ1) is 15.3. The quantitative estimate of drug-likeness (QED) is 0.838. The summed E-state index contributed by atoms with van der Waals surface area (Å²) in [5.41, 5.74) is 0.756. The molecule has 1 aromatic heterocycles. The number of nitrogens with zero attached hydrogens (tertiary/aromatic N) is 3. The molecule has 0 N–H and O–H groups in total. The Bertz CT molecular complexity index is 659. The zero-order valence-corrected chi connectivity index (χ0v) is 14.3. The maximum atomic E-state index is 12.6. The summed E-state index contributed by atoms with van der Waals surface area (Å²) >= 11 is 3.47. The normalized spacial score (nSPS) is 16.0. The summed E-state index contributed by atoms with van der Waals surface area (Å²) in [6.07, 6.45) is 5.98. The van der Waals surface area contributed by atoms with Crippen molar-refractivity contribution >= 4 is 21.8 Å². The third kappa shape index (κ3) is 3.24. The lowest BCUT2D eigenvalue weighted by Crippen LogP contribution is -2.39. The largest absolute Gasteiger partial charge is 0.339 e. The smallest absolute Gasteiger partial charge is 0.254 e. The molecule has 0 radical (unpaired) electrons. The Balaban J connectivity index is 1.59. The first-order chi connectivity index (χ1) is 10.6. The number of carbonyl (C=O) groups is 1. The van der Waals surface area contributed by atoms with Crippen molar-refractivity contribution in [3.63, 3.8) is 0 Å². The van der Waals surface area contributed by atoms with Gasteiger partial charge in [0.15, 0.2) is 0 Å². The number of likely N-dealkylation sites (tertiary alicyclic amines) is 1. The maximum absolute atomic E-state index is 12.6. The number of amides is 1. The van der Waals surface area contributed by atoms with Gasteiger partial charge in [0.1, 0.15) is 5.82 Å². The van der Waals surface area contributed by atoms with Gasteiger partial charge in [-0.25, -0.2) is 4.98 Å². The highest BCUT2D eigenvalue weighted by Gasteiger charge is 2.24. The number of halogens is 1. The Hall–Kier alpha value is -1.62. The van der Waals surface area contributed by atoms with Crippen molar-refractivity contribution in [2.45, 2.75) is 26.3 Å². The van der Waals surface area contributed by atoms with Crippen LogP contribution in [0.5, 0.6) is 0 Å². The second-order valence-electron chi connectivity index (χ2n) is 5.84. The van der Waals surface area contributed by atoms with Gasteiger partial charge >= 0.3 is 0 Å². The van der Waals surface area contributed by atoms with E-state index in [1.165, 1.54) is 0 Å². The molecule has 0 bridgehead atoms. The SMILES string of the molecule is Cc1nccn1CC1CCN(C(=O)c2ccccc2Br)CC1. The van der Waals surface area contributed by atoms with E-state index < -0.39 is 0 Å². The third-order valence-corrected chi connectivity index (χ3v) is 5.08. The molecule has 22 heavy (non-hydrogen) atoms. The number of aryl methyl sites for hydroxylation is 1. The average Bonchev–Trinajstić information content (AvgIpc) is 2.93. The Morgan fingerprint density at radius 3 is 2.68 bits per heavy atom. The predicted molar refractivity (Wildman–Crippen MR) is 89.7 cm³/mol. The Kier molecular flexibility index (Phi) is 4.62. The van der Waals surface area contributed by atoms with Crippen molar-refractivity contribution in [1.82, 2.24) is 14.5 Å². The highest BCUT2D eigenvalue weighted by Crippen LogP contribution is 2.23. The second-order valence-corrected chi connectivity index (χ2v) is 6.70. The molecular formula is C17H20BrN3O. The van der Waals surface area contributed by atoms with E-state index >= 15 is 0 Å². The number of hydrogen-bond acceptors (Lipinski definition) is 2. The molecule has 0 aliphatic carbocycles. The van der Waals surface area contributed by atoms with Crippen molar-refractivity contribution < 1.29 is 4.79 Å². The molecule has 1 fully saturated rings. The molecule has 5 heteroatoms. The fourth-order valence-electron chi connectivity index (χ4n) is 3.00. The van der Waals surface area contributed by atoms with E-state index in [1.54, 1.807) is 0 Å². The highest BCUT2D eigenvalue weighted by atomic mass is 79.9. The first-order valence-electron chi connectivity index (χ1n) is 7.66. The van der Waals surface area contributed by atoms with Crippen LogP contribution in [-0.4, -0.2) is 33.4 Å². The molecule has 2 aromatic rings. The van der Waals surface area contributed by atoms with E-state index in [0.29, 0.717) is 5.92 Å². The second kappa shape index (κ2) is 6.65. The van der Waals surface area contributed by atoms with Crippen molar-refractivity contribution in [3.05, 3.63) is 52.5 Å². The minimum Gasteiger partial charge on any atom is -0.339 e. The summed E-state index contributed by atoms with van der Waals surface area (Å²) in [6.45, 7) is 4.70. The van der Waals surface area contributed by atoms with Crippen molar-refractivity contribution in [3.8, 4) is 0 Å². The van der Waals surface area contributed by atoms with Gasteiger partial charge in [-0.3, -0.25) is 4.79 Å². The molecule has 0 unspecified atom stereocenters. The summed E-state index contributed by atoms with van der Waals surface area (Å²) in [4.78, 5) is 18.8.